The van der Waals surface area contributed by atoms with Gasteiger partial charge in [0.25, 0.3) is 0 Å². The highest BCUT2D eigenvalue weighted by Crippen LogP contribution is 2.24. The normalized spacial score (nSPS) is 24.9. The summed E-state index contributed by atoms with van der Waals surface area (Å²) in [5, 5.41) is 0. The molecule has 1 aliphatic heterocycles. The summed E-state index contributed by atoms with van der Waals surface area (Å²) in [6.07, 6.45) is 2.55. The van der Waals surface area contributed by atoms with Crippen molar-refractivity contribution >= 4 is 11.0 Å². The molecule has 1 aliphatic rings. The van der Waals surface area contributed by atoms with Crippen LogP contribution >= 0.6 is 0 Å². The van der Waals surface area contributed by atoms with Crippen molar-refractivity contribution in [1.82, 2.24) is 14.9 Å². The fourth-order valence-corrected chi connectivity index (χ4v) is 3.19. The van der Waals surface area contributed by atoms with Gasteiger partial charge in [-0.2, -0.15) is 0 Å². The van der Waals surface area contributed by atoms with Gasteiger partial charge in [0.2, 0.25) is 0 Å². The Balaban J connectivity index is 1.79. The first-order valence-electron chi connectivity index (χ1n) is 7.15. The molecule has 2 heterocycles. The predicted molar refractivity (Wildman–Crippen MR) is 77.7 cm³/mol. The maximum absolute atomic E-state index is 5.94. The van der Waals surface area contributed by atoms with Gasteiger partial charge in [-0.1, -0.05) is 19.1 Å². The van der Waals surface area contributed by atoms with Gasteiger partial charge in [-0.05, 0) is 37.4 Å². The third-order valence-electron chi connectivity index (χ3n) is 4.26. The zero-order valence-electron chi connectivity index (χ0n) is 11.5. The Kier molecular flexibility index (Phi) is 3.53. The molecule has 0 amide bonds. The Hall–Kier alpha value is -1.39. The van der Waals surface area contributed by atoms with E-state index in [9.17, 15) is 0 Å². The molecule has 4 heteroatoms. The molecular formula is C15H22N4. The summed E-state index contributed by atoms with van der Waals surface area (Å²) in [4.78, 5) is 10.5. The molecule has 19 heavy (non-hydrogen) atoms. The summed E-state index contributed by atoms with van der Waals surface area (Å²) in [7, 11) is 0. The molecule has 102 valence electrons. The maximum atomic E-state index is 5.94. The van der Waals surface area contributed by atoms with Gasteiger partial charge in [0, 0.05) is 12.6 Å². The fourth-order valence-electron chi connectivity index (χ4n) is 3.19. The minimum atomic E-state index is 0.488. The quantitative estimate of drug-likeness (QED) is 0.886. The first-order chi connectivity index (χ1) is 9.28. The molecule has 1 fully saturated rings. The van der Waals surface area contributed by atoms with E-state index in [-0.39, 0.29) is 0 Å². The van der Waals surface area contributed by atoms with Crippen molar-refractivity contribution in [1.29, 1.82) is 0 Å². The van der Waals surface area contributed by atoms with Crippen LogP contribution in [0.4, 0.5) is 0 Å². The first kappa shape index (κ1) is 12.6. The molecule has 0 bridgehead atoms. The summed E-state index contributed by atoms with van der Waals surface area (Å²) in [6.45, 7) is 5.05. The van der Waals surface area contributed by atoms with Crippen LogP contribution < -0.4 is 5.73 Å². The number of likely N-dealkylation sites (tertiary alicyclic amines) is 1. The van der Waals surface area contributed by atoms with Gasteiger partial charge in [0.15, 0.2) is 0 Å². The second-order valence-electron chi connectivity index (χ2n) is 5.59. The van der Waals surface area contributed by atoms with Gasteiger partial charge in [-0.15, -0.1) is 0 Å². The number of benzene rings is 1. The van der Waals surface area contributed by atoms with E-state index in [0.717, 1.165) is 36.5 Å². The Labute approximate surface area is 114 Å². The number of hydrogen-bond donors (Lipinski definition) is 2. The lowest BCUT2D eigenvalue weighted by molar-refractivity contribution is 0.0967. The van der Waals surface area contributed by atoms with Gasteiger partial charge >= 0.3 is 0 Å². The number of nitrogens with zero attached hydrogens (tertiary/aromatic N) is 2. The Morgan fingerprint density at radius 1 is 1.42 bits per heavy atom. The summed E-state index contributed by atoms with van der Waals surface area (Å²) in [5.41, 5.74) is 8.11. The lowest BCUT2D eigenvalue weighted by atomic mass is 9.91. The van der Waals surface area contributed by atoms with Crippen LogP contribution in [0.5, 0.6) is 0 Å². The van der Waals surface area contributed by atoms with Gasteiger partial charge in [0.05, 0.1) is 17.6 Å². The number of aromatic nitrogens is 2. The Bertz CT molecular complexity index is 515. The number of para-hydroxylation sites is 2. The molecule has 3 rings (SSSR count). The van der Waals surface area contributed by atoms with E-state index >= 15 is 0 Å². The summed E-state index contributed by atoms with van der Waals surface area (Å²) in [6, 6.07) is 8.68. The number of fused-ring (bicyclic) bond motifs is 1. The molecule has 2 atom stereocenters. The second-order valence-corrected chi connectivity index (χ2v) is 5.59. The van der Waals surface area contributed by atoms with Crippen molar-refractivity contribution in [3.63, 3.8) is 0 Å². The monoisotopic (exact) mass is 258 g/mol. The van der Waals surface area contributed by atoms with Crippen LogP contribution in [0.3, 0.4) is 0 Å². The molecule has 3 N–H and O–H groups in total. The van der Waals surface area contributed by atoms with Gasteiger partial charge in [0.1, 0.15) is 5.82 Å². The summed E-state index contributed by atoms with van der Waals surface area (Å²) >= 11 is 0. The second kappa shape index (κ2) is 5.31. The number of hydrogen-bond acceptors (Lipinski definition) is 3. The number of nitrogens with one attached hydrogen (secondary N) is 1. The van der Waals surface area contributed by atoms with Crippen molar-refractivity contribution in [2.75, 3.05) is 13.1 Å². The van der Waals surface area contributed by atoms with E-state index in [1.54, 1.807) is 0 Å². The van der Waals surface area contributed by atoms with Crippen LogP contribution in [-0.4, -0.2) is 34.0 Å². The smallest absolute Gasteiger partial charge is 0.121 e. The van der Waals surface area contributed by atoms with Crippen LogP contribution in [0.15, 0.2) is 24.3 Å². The average Bonchev–Trinajstić information content (AvgIpc) is 2.81. The number of nitrogens with two attached hydrogens (primary N) is 1. The zero-order chi connectivity index (χ0) is 13.2. The Morgan fingerprint density at radius 3 is 3.05 bits per heavy atom. The topological polar surface area (TPSA) is 57.9 Å². The number of aromatic amines is 1. The SMILES string of the molecule is CC1CCCN(Cc2nc3ccccc3[nH]2)C1CN. The van der Waals surface area contributed by atoms with E-state index in [1.807, 2.05) is 12.1 Å². The van der Waals surface area contributed by atoms with Crippen molar-refractivity contribution < 1.29 is 0 Å². The van der Waals surface area contributed by atoms with Gasteiger partial charge < -0.3 is 10.7 Å². The highest BCUT2D eigenvalue weighted by molar-refractivity contribution is 5.74. The largest absolute Gasteiger partial charge is 0.341 e. The minimum Gasteiger partial charge on any atom is -0.341 e. The molecule has 1 saturated heterocycles. The van der Waals surface area contributed by atoms with Crippen LogP contribution in [0.2, 0.25) is 0 Å². The lowest BCUT2D eigenvalue weighted by Gasteiger charge is -2.38. The average molecular weight is 258 g/mol. The third kappa shape index (κ3) is 2.51. The van der Waals surface area contributed by atoms with Crippen LogP contribution in [0.25, 0.3) is 11.0 Å². The van der Waals surface area contributed by atoms with Gasteiger partial charge in [-0.25, -0.2) is 4.98 Å². The first-order valence-corrected chi connectivity index (χ1v) is 7.15. The number of piperidine rings is 1. The van der Waals surface area contributed by atoms with Crippen LogP contribution in [0.1, 0.15) is 25.6 Å². The van der Waals surface area contributed by atoms with E-state index in [1.165, 1.54) is 12.8 Å². The molecule has 2 aromatic rings. The molecule has 0 aliphatic carbocycles. The highest BCUT2D eigenvalue weighted by Gasteiger charge is 2.27. The minimum absolute atomic E-state index is 0.488. The van der Waals surface area contributed by atoms with Gasteiger partial charge in [-0.3, -0.25) is 4.90 Å². The maximum Gasteiger partial charge on any atom is 0.121 e. The lowest BCUT2D eigenvalue weighted by Crippen LogP contribution is -2.48. The van der Waals surface area contributed by atoms with Crippen molar-refractivity contribution in [3.8, 4) is 0 Å². The predicted octanol–water partition coefficient (Wildman–Crippen LogP) is 2.12. The molecule has 1 aromatic heterocycles. The van der Waals surface area contributed by atoms with E-state index in [4.69, 9.17) is 5.73 Å². The summed E-state index contributed by atoms with van der Waals surface area (Å²) < 4.78 is 0. The van der Waals surface area contributed by atoms with Crippen LogP contribution in [-0.2, 0) is 6.54 Å². The van der Waals surface area contributed by atoms with E-state index in [0.29, 0.717) is 12.0 Å². The standard InChI is InChI=1S/C15H22N4/c1-11-5-4-8-19(14(11)9-16)10-15-17-12-6-2-3-7-13(12)18-15/h2-3,6-7,11,14H,4-5,8-10,16H2,1H3,(H,17,18). The Morgan fingerprint density at radius 2 is 2.26 bits per heavy atom. The number of H-pyrrole nitrogens is 1. The molecule has 2 unspecified atom stereocenters. The molecular weight excluding hydrogens is 236 g/mol. The molecule has 1 aromatic carbocycles. The third-order valence-corrected chi connectivity index (χ3v) is 4.26. The summed E-state index contributed by atoms with van der Waals surface area (Å²) in [5.74, 6) is 1.73. The van der Waals surface area contributed by atoms with Crippen molar-refractivity contribution in [3.05, 3.63) is 30.1 Å². The highest BCUT2D eigenvalue weighted by atomic mass is 15.2. The number of imidazole rings is 1. The van der Waals surface area contributed by atoms with E-state index in [2.05, 4.69) is 33.9 Å². The van der Waals surface area contributed by atoms with Crippen molar-refractivity contribution in [2.45, 2.75) is 32.4 Å². The molecule has 0 saturated carbocycles. The zero-order valence-corrected chi connectivity index (χ0v) is 11.5. The van der Waals surface area contributed by atoms with E-state index < -0.39 is 0 Å². The number of rotatable bonds is 3. The van der Waals surface area contributed by atoms with Crippen molar-refractivity contribution in [2.24, 2.45) is 11.7 Å². The molecule has 0 radical (unpaired) electrons. The molecule has 0 spiro atoms. The van der Waals surface area contributed by atoms with Crippen LogP contribution in [0, 0.1) is 5.92 Å². The molecule has 4 nitrogen and oxygen atoms in total. The fraction of sp³-hybridized carbons (Fsp3) is 0.533.